The van der Waals surface area contributed by atoms with Gasteiger partial charge in [0.25, 0.3) is 0 Å². The molecule has 0 aromatic rings. The topological polar surface area (TPSA) is 26.7 Å². The van der Waals surface area contributed by atoms with Crippen LogP contribution in [0.3, 0.4) is 0 Å². The summed E-state index contributed by atoms with van der Waals surface area (Å²) >= 11 is 0. The number of likely N-dealkylation sites (N-methyl/N-ethyl adjacent to an activating group) is 1. The van der Waals surface area contributed by atoms with Crippen LogP contribution in [-0.4, -0.2) is 60.3 Å². The van der Waals surface area contributed by atoms with Gasteiger partial charge in [0.15, 0.2) is 0 Å². The Labute approximate surface area is 99.4 Å². The second kappa shape index (κ2) is 5.99. The summed E-state index contributed by atoms with van der Waals surface area (Å²) in [6.45, 7) is 3.86. The minimum Gasteiger partial charge on any atom is -0.396 e. The second-order valence-corrected chi connectivity index (χ2v) is 5.46. The first-order valence-electron chi connectivity index (χ1n) is 6.86. The Morgan fingerprint density at radius 2 is 1.88 bits per heavy atom. The highest BCUT2D eigenvalue weighted by molar-refractivity contribution is 4.87. The second-order valence-electron chi connectivity index (χ2n) is 5.46. The Bertz CT molecular complexity index is 204. The van der Waals surface area contributed by atoms with Crippen molar-refractivity contribution in [1.82, 2.24) is 9.80 Å². The van der Waals surface area contributed by atoms with Crippen molar-refractivity contribution in [3.05, 3.63) is 0 Å². The average Bonchev–Trinajstić information content (AvgIpc) is 2.31. The van der Waals surface area contributed by atoms with Crippen molar-refractivity contribution in [2.24, 2.45) is 0 Å². The lowest BCUT2D eigenvalue weighted by Gasteiger charge is -2.45. The van der Waals surface area contributed by atoms with Crippen molar-refractivity contribution in [2.45, 2.75) is 50.6 Å². The molecule has 2 fully saturated rings. The summed E-state index contributed by atoms with van der Waals surface area (Å²) in [4.78, 5) is 5.09. The fourth-order valence-electron chi connectivity index (χ4n) is 3.32. The molecule has 0 aromatic heterocycles. The van der Waals surface area contributed by atoms with E-state index >= 15 is 0 Å². The molecule has 16 heavy (non-hydrogen) atoms. The van der Waals surface area contributed by atoms with Gasteiger partial charge in [-0.15, -0.1) is 0 Å². The Kier molecular flexibility index (Phi) is 4.62. The van der Waals surface area contributed by atoms with Crippen LogP contribution in [0.5, 0.6) is 0 Å². The quantitative estimate of drug-likeness (QED) is 0.786. The highest BCUT2D eigenvalue weighted by Crippen LogP contribution is 2.26. The summed E-state index contributed by atoms with van der Waals surface area (Å²) < 4.78 is 0. The van der Waals surface area contributed by atoms with E-state index in [2.05, 4.69) is 16.8 Å². The summed E-state index contributed by atoms with van der Waals surface area (Å²) in [7, 11) is 2.20. The van der Waals surface area contributed by atoms with Gasteiger partial charge in [0.2, 0.25) is 0 Å². The maximum absolute atomic E-state index is 9.18. The third kappa shape index (κ3) is 2.96. The fourth-order valence-corrected chi connectivity index (χ4v) is 3.32. The zero-order valence-corrected chi connectivity index (χ0v) is 10.6. The van der Waals surface area contributed by atoms with E-state index in [4.69, 9.17) is 0 Å². The van der Waals surface area contributed by atoms with Crippen molar-refractivity contribution in [2.75, 3.05) is 33.3 Å². The fraction of sp³-hybridized carbons (Fsp3) is 1.00. The maximum Gasteiger partial charge on any atom is 0.0446 e. The minimum atomic E-state index is 0.335. The van der Waals surface area contributed by atoms with E-state index in [1.54, 1.807) is 0 Å². The van der Waals surface area contributed by atoms with Crippen LogP contribution in [0, 0.1) is 0 Å². The molecule has 1 aliphatic carbocycles. The van der Waals surface area contributed by atoms with Crippen LogP contribution in [0.1, 0.15) is 38.5 Å². The largest absolute Gasteiger partial charge is 0.396 e. The van der Waals surface area contributed by atoms with Crippen LogP contribution in [0.4, 0.5) is 0 Å². The zero-order chi connectivity index (χ0) is 11.4. The van der Waals surface area contributed by atoms with Gasteiger partial charge in [-0.05, 0) is 26.3 Å². The predicted molar refractivity (Wildman–Crippen MR) is 66.6 cm³/mol. The zero-order valence-electron chi connectivity index (χ0n) is 10.6. The predicted octanol–water partition coefficient (Wildman–Crippen LogP) is 1.32. The van der Waals surface area contributed by atoms with Gasteiger partial charge in [0, 0.05) is 38.3 Å². The van der Waals surface area contributed by atoms with Crippen molar-refractivity contribution < 1.29 is 5.11 Å². The third-order valence-corrected chi connectivity index (χ3v) is 4.24. The summed E-state index contributed by atoms with van der Waals surface area (Å²) in [5.74, 6) is 0. The molecule has 0 radical (unpaired) electrons. The molecule has 0 amide bonds. The van der Waals surface area contributed by atoms with E-state index < -0.39 is 0 Å². The van der Waals surface area contributed by atoms with E-state index in [-0.39, 0.29) is 0 Å². The first-order valence-corrected chi connectivity index (χ1v) is 6.86. The monoisotopic (exact) mass is 226 g/mol. The summed E-state index contributed by atoms with van der Waals surface area (Å²) in [5.41, 5.74) is 0. The number of hydrogen-bond acceptors (Lipinski definition) is 3. The Hall–Kier alpha value is -0.120. The summed E-state index contributed by atoms with van der Waals surface area (Å²) in [6, 6.07) is 1.39. The molecule has 2 rings (SSSR count). The molecule has 0 bridgehead atoms. The lowest BCUT2D eigenvalue weighted by atomic mass is 9.92. The molecule has 1 atom stereocenters. The van der Waals surface area contributed by atoms with Crippen LogP contribution in [0.25, 0.3) is 0 Å². The maximum atomic E-state index is 9.18. The first-order chi connectivity index (χ1) is 7.81. The molecule has 1 N–H and O–H groups in total. The standard InChI is InChI=1S/C13H26N2O/c1-14-8-9-15(13(11-14)7-10-16)12-5-3-2-4-6-12/h12-13,16H,2-11H2,1H3. The van der Waals surface area contributed by atoms with Crippen molar-refractivity contribution in [1.29, 1.82) is 0 Å². The highest BCUT2D eigenvalue weighted by atomic mass is 16.3. The molecule has 1 heterocycles. The van der Waals surface area contributed by atoms with Crippen LogP contribution in [-0.2, 0) is 0 Å². The van der Waals surface area contributed by atoms with Crippen LogP contribution in [0.2, 0.25) is 0 Å². The number of rotatable bonds is 3. The average molecular weight is 226 g/mol. The molecule has 1 saturated carbocycles. The van der Waals surface area contributed by atoms with E-state index in [0.29, 0.717) is 12.6 Å². The minimum absolute atomic E-state index is 0.335. The number of aliphatic hydroxyl groups excluding tert-OH is 1. The lowest BCUT2D eigenvalue weighted by molar-refractivity contribution is 0.0256. The van der Waals surface area contributed by atoms with Crippen LogP contribution >= 0.6 is 0 Å². The van der Waals surface area contributed by atoms with Crippen LogP contribution in [0.15, 0.2) is 0 Å². The molecule has 0 spiro atoms. The third-order valence-electron chi connectivity index (χ3n) is 4.24. The number of aliphatic hydroxyl groups is 1. The highest BCUT2D eigenvalue weighted by Gasteiger charge is 2.30. The molecule has 3 heteroatoms. The summed E-state index contributed by atoms with van der Waals surface area (Å²) in [6.07, 6.45) is 7.94. The number of piperazine rings is 1. The normalized spacial score (nSPS) is 30.8. The van der Waals surface area contributed by atoms with Crippen molar-refractivity contribution in [3.8, 4) is 0 Å². The number of hydrogen-bond donors (Lipinski definition) is 1. The molecular formula is C13H26N2O. The molecule has 1 aliphatic heterocycles. The van der Waals surface area contributed by atoms with E-state index in [0.717, 1.165) is 19.0 Å². The Morgan fingerprint density at radius 3 is 2.56 bits per heavy atom. The van der Waals surface area contributed by atoms with E-state index in [1.807, 2.05) is 0 Å². The molecule has 1 saturated heterocycles. The van der Waals surface area contributed by atoms with Gasteiger partial charge < -0.3 is 10.0 Å². The van der Waals surface area contributed by atoms with Gasteiger partial charge in [-0.3, -0.25) is 4.90 Å². The van der Waals surface area contributed by atoms with Gasteiger partial charge in [-0.2, -0.15) is 0 Å². The van der Waals surface area contributed by atoms with Gasteiger partial charge in [-0.1, -0.05) is 19.3 Å². The van der Waals surface area contributed by atoms with Gasteiger partial charge in [0.05, 0.1) is 0 Å². The lowest BCUT2D eigenvalue weighted by Crippen LogP contribution is -2.56. The van der Waals surface area contributed by atoms with Gasteiger partial charge >= 0.3 is 0 Å². The van der Waals surface area contributed by atoms with Gasteiger partial charge in [-0.25, -0.2) is 0 Å². The summed E-state index contributed by atoms with van der Waals surface area (Å²) in [5, 5.41) is 9.18. The first kappa shape index (κ1) is 12.3. The SMILES string of the molecule is CN1CCN(C2CCCCC2)C(CCO)C1. The number of nitrogens with zero attached hydrogens (tertiary/aromatic N) is 2. The Balaban J connectivity index is 1.93. The molecule has 3 nitrogen and oxygen atoms in total. The Morgan fingerprint density at radius 1 is 1.12 bits per heavy atom. The molecule has 2 aliphatic rings. The smallest absolute Gasteiger partial charge is 0.0446 e. The molecule has 94 valence electrons. The van der Waals surface area contributed by atoms with E-state index in [9.17, 15) is 5.11 Å². The van der Waals surface area contributed by atoms with Crippen molar-refractivity contribution >= 4 is 0 Å². The van der Waals surface area contributed by atoms with Crippen molar-refractivity contribution in [3.63, 3.8) is 0 Å². The molecule has 0 aromatic carbocycles. The van der Waals surface area contributed by atoms with Crippen LogP contribution < -0.4 is 0 Å². The van der Waals surface area contributed by atoms with E-state index in [1.165, 1.54) is 45.2 Å². The molecule has 1 unspecified atom stereocenters. The van der Waals surface area contributed by atoms with Gasteiger partial charge in [0.1, 0.15) is 0 Å². The molecular weight excluding hydrogens is 200 g/mol.